The van der Waals surface area contributed by atoms with Crippen LogP contribution >= 0.6 is 0 Å². The summed E-state index contributed by atoms with van der Waals surface area (Å²) in [6.45, 7) is 11.3. The van der Waals surface area contributed by atoms with Crippen LogP contribution in [0.4, 0.5) is 4.79 Å². The molecule has 2 rings (SSSR count). The molecule has 0 saturated carbocycles. The Labute approximate surface area is 145 Å². The monoisotopic (exact) mass is 331 g/mol. The van der Waals surface area contributed by atoms with Crippen LogP contribution in [-0.2, 0) is 0 Å². The summed E-state index contributed by atoms with van der Waals surface area (Å²) in [5, 5.41) is 2.89. The van der Waals surface area contributed by atoms with Crippen LogP contribution in [0.2, 0.25) is 0 Å². The lowest BCUT2D eigenvalue weighted by Crippen LogP contribution is -2.53. The molecule has 1 saturated heterocycles. The average Bonchev–Trinajstić information content (AvgIpc) is 2.59. The fourth-order valence-corrected chi connectivity index (χ4v) is 2.86. The van der Waals surface area contributed by atoms with E-state index in [1.807, 2.05) is 30.9 Å². The van der Waals surface area contributed by atoms with Crippen LogP contribution in [-0.4, -0.2) is 54.5 Å². The van der Waals surface area contributed by atoms with E-state index in [9.17, 15) is 9.59 Å². The fraction of sp³-hybridized carbons (Fsp3) is 0.579. The second kappa shape index (κ2) is 8.18. The first-order valence-electron chi connectivity index (χ1n) is 8.86. The van der Waals surface area contributed by atoms with Gasteiger partial charge in [0.1, 0.15) is 0 Å². The van der Waals surface area contributed by atoms with Crippen molar-refractivity contribution in [3.63, 3.8) is 0 Å². The summed E-state index contributed by atoms with van der Waals surface area (Å²) in [5.41, 5.74) is 2.97. The summed E-state index contributed by atoms with van der Waals surface area (Å²) >= 11 is 0. The number of carbonyl (C=O) groups is 2. The van der Waals surface area contributed by atoms with E-state index in [4.69, 9.17) is 0 Å². The molecule has 132 valence electrons. The van der Waals surface area contributed by atoms with Gasteiger partial charge in [0.2, 0.25) is 0 Å². The minimum absolute atomic E-state index is 0.0260. The molecule has 1 aliphatic rings. The predicted octanol–water partition coefficient (Wildman–Crippen LogP) is 3.00. The summed E-state index contributed by atoms with van der Waals surface area (Å²) < 4.78 is 0. The van der Waals surface area contributed by atoms with Crippen LogP contribution in [0.1, 0.15) is 54.6 Å². The number of urea groups is 1. The molecule has 24 heavy (non-hydrogen) atoms. The molecule has 0 unspecified atom stereocenters. The Balaban J connectivity index is 2.00. The smallest absolute Gasteiger partial charge is 0.317 e. The van der Waals surface area contributed by atoms with E-state index in [1.165, 1.54) is 5.56 Å². The van der Waals surface area contributed by atoms with Gasteiger partial charge in [-0.2, -0.15) is 0 Å². The minimum Gasteiger partial charge on any atom is -0.338 e. The summed E-state index contributed by atoms with van der Waals surface area (Å²) in [5.74, 6) is 0.472. The Bertz CT molecular complexity index is 590. The first-order chi connectivity index (χ1) is 11.4. The third kappa shape index (κ3) is 4.28. The number of benzene rings is 1. The van der Waals surface area contributed by atoms with Gasteiger partial charge in [0, 0.05) is 38.3 Å². The zero-order chi connectivity index (χ0) is 17.7. The molecular formula is C19H29N3O2. The maximum Gasteiger partial charge on any atom is 0.317 e. The topological polar surface area (TPSA) is 52.7 Å². The van der Waals surface area contributed by atoms with Crippen molar-refractivity contribution < 1.29 is 9.59 Å². The molecule has 3 amide bonds. The van der Waals surface area contributed by atoms with Crippen molar-refractivity contribution in [1.29, 1.82) is 0 Å². The van der Waals surface area contributed by atoms with E-state index < -0.39 is 0 Å². The van der Waals surface area contributed by atoms with Gasteiger partial charge in [-0.3, -0.25) is 4.79 Å². The van der Waals surface area contributed by atoms with Gasteiger partial charge >= 0.3 is 6.03 Å². The third-order valence-electron chi connectivity index (χ3n) is 4.54. The molecule has 1 fully saturated rings. The zero-order valence-electron chi connectivity index (χ0n) is 15.3. The van der Waals surface area contributed by atoms with Crippen LogP contribution < -0.4 is 5.32 Å². The van der Waals surface area contributed by atoms with E-state index in [0.717, 1.165) is 17.5 Å². The molecule has 1 aromatic carbocycles. The van der Waals surface area contributed by atoms with Gasteiger partial charge in [-0.1, -0.05) is 32.9 Å². The lowest BCUT2D eigenvalue weighted by atomic mass is 9.97. The summed E-state index contributed by atoms with van der Waals surface area (Å²) in [7, 11) is 0. The summed E-state index contributed by atoms with van der Waals surface area (Å²) in [6.07, 6.45) is 0.926. The maximum absolute atomic E-state index is 12.9. The fourth-order valence-electron chi connectivity index (χ4n) is 2.86. The van der Waals surface area contributed by atoms with E-state index in [1.54, 1.807) is 4.90 Å². The largest absolute Gasteiger partial charge is 0.338 e. The molecule has 0 atom stereocenters. The van der Waals surface area contributed by atoms with Gasteiger partial charge in [-0.05, 0) is 36.5 Å². The van der Waals surface area contributed by atoms with Gasteiger partial charge in [0.25, 0.3) is 5.91 Å². The minimum atomic E-state index is -0.0260. The van der Waals surface area contributed by atoms with E-state index in [-0.39, 0.29) is 11.9 Å². The van der Waals surface area contributed by atoms with Crippen molar-refractivity contribution >= 4 is 11.9 Å². The van der Waals surface area contributed by atoms with Crippen LogP contribution in [0.5, 0.6) is 0 Å². The van der Waals surface area contributed by atoms with Crippen molar-refractivity contribution in [2.24, 2.45) is 0 Å². The molecule has 0 bridgehead atoms. The van der Waals surface area contributed by atoms with E-state index in [0.29, 0.717) is 38.6 Å². The highest BCUT2D eigenvalue weighted by Crippen LogP contribution is 2.20. The first-order valence-corrected chi connectivity index (χ1v) is 8.86. The van der Waals surface area contributed by atoms with Crippen molar-refractivity contribution in [3.05, 3.63) is 34.9 Å². The Kier molecular flexibility index (Phi) is 6.23. The molecule has 1 N–H and O–H groups in total. The molecule has 0 aliphatic carbocycles. The van der Waals surface area contributed by atoms with Gasteiger partial charge in [-0.25, -0.2) is 4.79 Å². The summed E-state index contributed by atoms with van der Waals surface area (Å²) in [4.78, 5) is 28.5. The second-order valence-corrected chi connectivity index (χ2v) is 6.74. The second-order valence-electron chi connectivity index (χ2n) is 6.74. The van der Waals surface area contributed by atoms with E-state index in [2.05, 4.69) is 25.2 Å². The lowest BCUT2D eigenvalue weighted by Gasteiger charge is -2.35. The molecule has 1 heterocycles. The Morgan fingerprint density at radius 1 is 1.12 bits per heavy atom. The number of carbonyl (C=O) groups excluding carboxylic acids is 2. The molecule has 1 aromatic rings. The van der Waals surface area contributed by atoms with E-state index >= 15 is 0 Å². The number of amides is 3. The van der Waals surface area contributed by atoms with Crippen molar-refractivity contribution in [3.8, 4) is 0 Å². The Morgan fingerprint density at radius 2 is 1.75 bits per heavy atom. The highest BCUT2D eigenvalue weighted by molar-refractivity contribution is 5.96. The number of nitrogens with zero attached hydrogens (tertiary/aromatic N) is 2. The Morgan fingerprint density at radius 3 is 2.33 bits per heavy atom. The van der Waals surface area contributed by atoms with Crippen molar-refractivity contribution in [1.82, 2.24) is 15.1 Å². The average molecular weight is 331 g/mol. The molecule has 0 radical (unpaired) electrons. The zero-order valence-corrected chi connectivity index (χ0v) is 15.3. The SMILES string of the molecule is CCCNC(=O)N1CCN(C(=O)c2cc(C(C)C)ccc2C)CC1. The number of piperazine rings is 1. The number of nitrogens with one attached hydrogen (secondary N) is 1. The lowest BCUT2D eigenvalue weighted by molar-refractivity contribution is 0.0664. The maximum atomic E-state index is 12.9. The van der Waals surface area contributed by atoms with Gasteiger partial charge in [-0.15, -0.1) is 0 Å². The summed E-state index contributed by atoms with van der Waals surface area (Å²) in [6, 6.07) is 6.11. The van der Waals surface area contributed by atoms with Gasteiger partial charge in [0.15, 0.2) is 0 Å². The number of rotatable bonds is 4. The molecule has 5 nitrogen and oxygen atoms in total. The van der Waals surface area contributed by atoms with Crippen LogP contribution in [0.3, 0.4) is 0 Å². The molecular weight excluding hydrogens is 302 g/mol. The molecule has 0 aromatic heterocycles. The normalized spacial score (nSPS) is 14.9. The first kappa shape index (κ1) is 18.3. The quantitative estimate of drug-likeness (QED) is 0.922. The number of hydrogen-bond acceptors (Lipinski definition) is 2. The number of aryl methyl sites for hydroxylation is 1. The van der Waals surface area contributed by atoms with Gasteiger partial charge < -0.3 is 15.1 Å². The Hall–Kier alpha value is -2.04. The van der Waals surface area contributed by atoms with Crippen LogP contribution in [0.25, 0.3) is 0 Å². The predicted molar refractivity (Wildman–Crippen MR) is 96.4 cm³/mol. The van der Waals surface area contributed by atoms with Crippen LogP contribution in [0.15, 0.2) is 18.2 Å². The van der Waals surface area contributed by atoms with Gasteiger partial charge in [0.05, 0.1) is 0 Å². The molecule has 0 spiro atoms. The standard InChI is InChI=1S/C19H29N3O2/c1-5-8-20-19(24)22-11-9-21(10-12-22)18(23)17-13-16(14(2)3)7-6-15(17)4/h6-7,13-14H,5,8-12H2,1-4H3,(H,20,24). The van der Waals surface area contributed by atoms with Crippen LogP contribution in [0, 0.1) is 6.92 Å². The molecule has 1 aliphatic heterocycles. The highest BCUT2D eigenvalue weighted by Gasteiger charge is 2.25. The third-order valence-corrected chi connectivity index (χ3v) is 4.54. The van der Waals surface area contributed by atoms with Crippen molar-refractivity contribution in [2.45, 2.75) is 40.0 Å². The highest BCUT2D eigenvalue weighted by atomic mass is 16.2. The number of hydrogen-bond donors (Lipinski definition) is 1. The molecule has 5 heteroatoms. The van der Waals surface area contributed by atoms with Crippen molar-refractivity contribution in [2.75, 3.05) is 32.7 Å².